The first-order chi connectivity index (χ1) is 11.3. The van der Waals surface area contributed by atoms with Crippen molar-refractivity contribution in [2.45, 2.75) is 13.2 Å². The first-order valence-corrected chi connectivity index (χ1v) is 7.48. The zero-order valence-corrected chi connectivity index (χ0v) is 12.7. The van der Waals surface area contributed by atoms with E-state index in [0.29, 0.717) is 6.61 Å². The Bertz CT molecular complexity index is 719. The summed E-state index contributed by atoms with van der Waals surface area (Å²) in [5.41, 5.74) is 2.00. The summed E-state index contributed by atoms with van der Waals surface area (Å²) >= 11 is 0. The molecule has 3 aromatic carbocycles. The molecule has 3 heteroatoms. The van der Waals surface area contributed by atoms with Gasteiger partial charge in [0.25, 0.3) is 0 Å². The van der Waals surface area contributed by atoms with Crippen LogP contribution in [0, 0.1) is 0 Å². The SMILES string of the molecule is OCc1ccc(Oc2ccc(OCc3ccccc3)cc2)cc1. The minimum absolute atomic E-state index is 0.0354. The lowest BCUT2D eigenvalue weighted by molar-refractivity contribution is 0.281. The molecule has 3 aromatic rings. The van der Waals surface area contributed by atoms with E-state index in [1.807, 2.05) is 78.9 Å². The molecule has 3 rings (SSSR count). The van der Waals surface area contributed by atoms with Crippen LogP contribution in [0.3, 0.4) is 0 Å². The Labute approximate surface area is 135 Å². The van der Waals surface area contributed by atoms with Crippen molar-refractivity contribution in [3.8, 4) is 17.2 Å². The molecule has 0 atom stereocenters. The highest BCUT2D eigenvalue weighted by Crippen LogP contribution is 2.24. The molecule has 0 fully saturated rings. The van der Waals surface area contributed by atoms with Crippen LogP contribution < -0.4 is 9.47 Å². The maximum absolute atomic E-state index is 9.03. The van der Waals surface area contributed by atoms with Crippen molar-refractivity contribution >= 4 is 0 Å². The van der Waals surface area contributed by atoms with E-state index in [9.17, 15) is 0 Å². The summed E-state index contributed by atoms with van der Waals surface area (Å²) in [6.07, 6.45) is 0. The maximum Gasteiger partial charge on any atom is 0.127 e. The fourth-order valence-corrected chi connectivity index (χ4v) is 2.14. The minimum Gasteiger partial charge on any atom is -0.489 e. The third-order valence-electron chi connectivity index (χ3n) is 3.41. The highest BCUT2D eigenvalue weighted by Gasteiger charge is 2.00. The smallest absolute Gasteiger partial charge is 0.127 e. The van der Waals surface area contributed by atoms with E-state index in [4.69, 9.17) is 14.6 Å². The van der Waals surface area contributed by atoms with E-state index in [2.05, 4.69) is 0 Å². The Kier molecular flexibility index (Phi) is 4.92. The first-order valence-electron chi connectivity index (χ1n) is 7.48. The van der Waals surface area contributed by atoms with E-state index in [0.717, 1.165) is 28.4 Å². The number of aliphatic hydroxyl groups excluding tert-OH is 1. The zero-order chi connectivity index (χ0) is 15.9. The average Bonchev–Trinajstić information content (AvgIpc) is 2.63. The molecule has 0 aliphatic carbocycles. The predicted octanol–water partition coefficient (Wildman–Crippen LogP) is 4.55. The van der Waals surface area contributed by atoms with E-state index in [1.54, 1.807) is 0 Å². The summed E-state index contributed by atoms with van der Waals surface area (Å²) in [5.74, 6) is 2.28. The van der Waals surface area contributed by atoms with Crippen molar-refractivity contribution in [1.29, 1.82) is 0 Å². The number of aliphatic hydroxyl groups is 1. The standard InChI is InChI=1S/C20H18O3/c21-14-16-6-8-19(9-7-16)23-20-12-10-18(11-13-20)22-15-17-4-2-1-3-5-17/h1-13,21H,14-15H2. The molecule has 0 radical (unpaired) electrons. The highest BCUT2D eigenvalue weighted by atomic mass is 16.5. The molecular weight excluding hydrogens is 288 g/mol. The quantitative estimate of drug-likeness (QED) is 0.726. The normalized spacial score (nSPS) is 10.3. The number of benzene rings is 3. The van der Waals surface area contributed by atoms with Gasteiger partial charge in [-0.15, -0.1) is 0 Å². The second kappa shape index (κ2) is 7.47. The van der Waals surface area contributed by atoms with Gasteiger partial charge in [0.15, 0.2) is 0 Å². The molecule has 0 bridgehead atoms. The molecule has 0 unspecified atom stereocenters. The van der Waals surface area contributed by atoms with Gasteiger partial charge < -0.3 is 14.6 Å². The van der Waals surface area contributed by atoms with Gasteiger partial charge in [0.1, 0.15) is 23.9 Å². The number of hydrogen-bond donors (Lipinski definition) is 1. The second-order valence-corrected chi connectivity index (χ2v) is 5.15. The van der Waals surface area contributed by atoms with Crippen LogP contribution in [0.15, 0.2) is 78.9 Å². The number of ether oxygens (including phenoxy) is 2. The van der Waals surface area contributed by atoms with E-state index in [-0.39, 0.29) is 6.61 Å². The first kappa shape index (κ1) is 15.1. The van der Waals surface area contributed by atoms with Crippen LogP contribution in [-0.2, 0) is 13.2 Å². The number of hydrogen-bond acceptors (Lipinski definition) is 3. The van der Waals surface area contributed by atoms with Crippen molar-refractivity contribution in [2.75, 3.05) is 0 Å². The third-order valence-corrected chi connectivity index (χ3v) is 3.41. The summed E-state index contributed by atoms with van der Waals surface area (Å²) < 4.78 is 11.5. The summed E-state index contributed by atoms with van der Waals surface area (Å²) in [6.45, 7) is 0.581. The second-order valence-electron chi connectivity index (χ2n) is 5.15. The van der Waals surface area contributed by atoms with Gasteiger partial charge in [-0.05, 0) is 47.5 Å². The van der Waals surface area contributed by atoms with Gasteiger partial charge in [-0.3, -0.25) is 0 Å². The Hall–Kier alpha value is -2.78. The molecule has 1 N–H and O–H groups in total. The molecule has 0 spiro atoms. The van der Waals surface area contributed by atoms with Gasteiger partial charge in [-0.2, -0.15) is 0 Å². The molecular formula is C20H18O3. The van der Waals surface area contributed by atoms with Crippen LogP contribution in [0.5, 0.6) is 17.2 Å². The van der Waals surface area contributed by atoms with Crippen molar-refractivity contribution in [3.05, 3.63) is 90.0 Å². The van der Waals surface area contributed by atoms with Crippen LogP contribution >= 0.6 is 0 Å². The maximum atomic E-state index is 9.03. The molecule has 116 valence electrons. The summed E-state index contributed by atoms with van der Waals surface area (Å²) in [7, 11) is 0. The third kappa shape index (κ3) is 4.34. The molecule has 0 heterocycles. The number of rotatable bonds is 6. The van der Waals surface area contributed by atoms with Gasteiger partial charge >= 0.3 is 0 Å². The van der Waals surface area contributed by atoms with Crippen LogP contribution in [-0.4, -0.2) is 5.11 Å². The van der Waals surface area contributed by atoms with Crippen LogP contribution in [0.1, 0.15) is 11.1 Å². The fourth-order valence-electron chi connectivity index (χ4n) is 2.14. The summed E-state index contributed by atoms with van der Waals surface area (Å²) in [4.78, 5) is 0. The lowest BCUT2D eigenvalue weighted by Crippen LogP contribution is -1.94. The van der Waals surface area contributed by atoms with Gasteiger partial charge in [0.05, 0.1) is 6.61 Å². The van der Waals surface area contributed by atoms with Crippen LogP contribution in [0.4, 0.5) is 0 Å². The largest absolute Gasteiger partial charge is 0.489 e. The van der Waals surface area contributed by atoms with Crippen molar-refractivity contribution < 1.29 is 14.6 Å². The van der Waals surface area contributed by atoms with Gasteiger partial charge in [-0.25, -0.2) is 0 Å². The molecule has 0 saturated carbocycles. The molecule has 0 aliphatic heterocycles. The molecule has 0 aromatic heterocycles. The predicted molar refractivity (Wildman–Crippen MR) is 89.7 cm³/mol. The van der Waals surface area contributed by atoms with E-state index >= 15 is 0 Å². The van der Waals surface area contributed by atoms with E-state index in [1.165, 1.54) is 0 Å². The summed E-state index contributed by atoms with van der Waals surface area (Å²) in [6, 6.07) is 24.9. The van der Waals surface area contributed by atoms with Gasteiger partial charge in [0, 0.05) is 0 Å². The van der Waals surface area contributed by atoms with Gasteiger partial charge in [-0.1, -0.05) is 42.5 Å². The zero-order valence-electron chi connectivity index (χ0n) is 12.7. The van der Waals surface area contributed by atoms with Crippen LogP contribution in [0.25, 0.3) is 0 Å². The molecule has 0 aliphatic rings. The Morgan fingerprint density at radius 2 is 1.17 bits per heavy atom. The minimum atomic E-state index is 0.0354. The van der Waals surface area contributed by atoms with E-state index < -0.39 is 0 Å². The molecule has 23 heavy (non-hydrogen) atoms. The van der Waals surface area contributed by atoms with Crippen molar-refractivity contribution in [1.82, 2.24) is 0 Å². The van der Waals surface area contributed by atoms with Gasteiger partial charge in [0.2, 0.25) is 0 Å². The lowest BCUT2D eigenvalue weighted by Gasteiger charge is -2.09. The molecule has 0 amide bonds. The monoisotopic (exact) mass is 306 g/mol. The average molecular weight is 306 g/mol. The Morgan fingerprint density at radius 1 is 0.609 bits per heavy atom. The van der Waals surface area contributed by atoms with Crippen molar-refractivity contribution in [3.63, 3.8) is 0 Å². The Morgan fingerprint density at radius 3 is 1.78 bits per heavy atom. The van der Waals surface area contributed by atoms with Crippen molar-refractivity contribution in [2.24, 2.45) is 0 Å². The lowest BCUT2D eigenvalue weighted by atomic mass is 10.2. The Balaban J connectivity index is 1.58. The topological polar surface area (TPSA) is 38.7 Å². The molecule has 3 nitrogen and oxygen atoms in total. The molecule has 0 saturated heterocycles. The summed E-state index contributed by atoms with van der Waals surface area (Å²) in [5, 5.41) is 9.03. The van der Waals surface area contributed by atoms with Crippen LogP contribution in [0.2, 0.25) is 0 Å². The highest BCUT2D eigenvalue weighted by molar-refractivity contribution is 5.36. The fraction of sp³-hybridized carbons (Fsp3) is 0.100.